The first-order chi connectivity index (χ1) is 8.70. The molecular weight excluding hydrogens is 235 g/mol. The van der Waals surface area contributed by atoms with Crippen LogP contribution < -0.4 is 0 Å². The SMILES string of the molecule is COC(=O)[C@H]1CCCN1N=Cc1cccc(F)c1. The second-order valence-electron chi connectivity index (χ2n) is 4.14. The van der Waals surface area contributed by atoms with Gasteiger partial charge in [-0.3, -0.25) is 5.01 Å². The number of carbonyl (C=O) groups excluding carboxylic acids is 1. The molecule has 0 radical (unpaired) electrons. The summed E-state index contributed by atoms with van der Waals surface area (Å²) in [6.45, 7) is 0.714. The molecule has 0 bridgehead atoms. The molecule has 4 nitrogen and oxygen atoms in total. The van der Waals surface area contributed by atoms with E-state index < -0.39 is 0 Å². The van der Waals surface area contributed by atoms with Crippen molar-refractivity contribution in [1.82, 2.24) is 5.01 Å². The maximum atomic E-state index is 13.0. The van der Waals surface area contributed by atoms with Crippen LogP contribution in [0, 0.1) is 5.82 Å². The fourth-order valence-electron chi connectivity index (χ4n) is 1.99. The number of rotatable bonds is 3. The lowest BCUT2D eigenvalue weighted by atomic mass is 10.2. The molecule has 18 heavy (non-hydrogen) atoms. The molecule has 2 rings (SSSR count). The molecular formula is C13H15FN2O2. The molecule has 0 amide bonds. The molecule has 1 aromatic carbocycles. The van der Waals surface area contributed by atoms with Crippen molar-refractivity contribution in [3.8, 4) is 0 Å². The lowest BCUT2D eigenvalue weighted by molar-refractivity contribution is -0.145. The largest absolute Gasteiger partial charge is 0.467 e. The van der Waals surface area contributed by atoms with Crippen LogP contribution in [0.5, 0.6) is 0 Å². The Kier molecular flexibility index (Phi) is 3.92. The Balaban J connectivity index is 2.06. The van der Waals surface area contributed by atoms with Crippen LogP contribution in [0.3, 0.4) is 0 Å². The third kappa shape index (κ3) is 2.85. The highest BCUT2D eigenvalue weighted by molar-refractivity contribution is 5.80. The summed E-state index contributed by atoms with van der Waals surface area (Å²) in [7, 11) is 1.37. The number of hydrazone groups is 1. The molecule has 1 atom stereocenters. The van der Waals surface area contributed by atoms with Crippen LogP contribution in [0.2, 0.25) is 0 Å². The van der Waals surface area contributed by atoms with Gasteiger partial charge in [-0.1, -0.05) is 12.1 Å². The summed E-state index contributed by atoms with van der Waals surface area (Å²) in [5.41, 5.74) is 0.672. The number of halogens is 1. The Labute approximate surface area is 105 Å². The van der Waals surface area contributed by atoms with E-state index in [4.69, 9.17) is 4.74 Å². The van der Waals surface area contributed by atoms with E-state index in [2.05, 4.69) is 5.10 Å². The summed E-state index contributed by atoms with van der Waals surface area (Å²) in [5, 5.41) is 5.92. The highest BCUT2D eigenvalue weighted by Crippen LogP contribution is 2.18. The summed E-state index contributed by atoms with van der Waals surface area (Å²) in [6.07, 6.45) is 3.21. The topological polar surface area (TPSA) is 41.9 Å². The van der Waals surface area contributed by atoms with Crippen molar-refractivity contribution in [3.63, 3.8) is 0 Å². The maximum absolute atomic E-state index is 13.0. The number of hydrogen-bond donors (Lipinski definition) is 0. The predicted molar refractivity (Wildman–Crippen MR) is 65.7 cm³/mol. The molecule has 0 spiro atoms. The van der Waals surface area contributed by atoms with Gasteiger partial charge >= 0.3 is 5.97 Å². The second-order valence-corrected chi connectivity index (χ2v) is 4.14. The minimum absolute atomic E-state index is 0.274. The first kappa shape index (κ1) is 12.5. The lowest BCUT2D eigenvalue weighted by Crippen LogP contribution is -2.33. The predicted octanol–water partition coefficient (Wildman–Crippen LogP) is 1.80. The monoisotopic (exact) mass is 250 g/mol. The molecule has 1 saturated heterocycles. The molecule has 1 heterocycles. The zero-order chi connectivity index (χ0) is 13.0. The molecule has 0 unspecified atom stereocenters. The van der Waals surface area contributed by atoms with Crippen molar-refractivity contribution >= 4 is 12.2 Å². The fraction of sp³-hybridized carbons (Fsp3) is 0.385. The minimum Gasteiger partial charge on any atom is -0.467 e. The molecule has 96 valence electrons. The Hall–Kier alpha value is -1.91. The Morgan fingerprint density at radius 1 is 1.61 bits per heavy atom. The number of carbonyl (C=O) groups is 1. The van der Waals surface area contributed by atoms with Gasteiger partial charge in [0.1, 0.15) is 11.9 Å². The van der Waals surface area contributed by atoms with Gasteiger partial charge in [-0.15, -0.1) is 0 Å². The van der Waals surface area contributed by atoms with Crippen LogP contribution in [0.1, 0.15) is 18.4 Å². The maximum Gasteiger partial charge on any atom is 0.330 e. The standard InChI is InChI=1S/C13H15FN2O2/c1-18-13(17)12-6-3-7-16(12)15-9-10-4-2-5-11(14)8-10/h2,4-5,8-9,12H,3,6-7H2,1H3/t12-/m1/s1. The van der Waals surface area contributed by atoms with Crippen molar-refractivity contribution < 1.29 is 13.9 Å². The van der Waals surface area contributed by atoms with Crippen LogP contribution in [0.25, 0.3) is 0 Å². The molecule has 1 fully saturated rings. The van der Waals surface area contributed by atoms with Gasteiger partial charge in [-0.25, -0.2) is 9.18 Å². The van der Waals surface area contributed by atoms with Gasteiger partial charge in [0.2, 0.25) is 0 Å². The molecule has 0 aliphatic carbocycles. The number of nitrogens with zero attached hydrogens (tertiary/aromatic N) is 2. The average Bonchev–Trinajstić information content (AvgIpc) is 2.84. The minimum atomic E-state index is -0.320. The van der Waals surface area contributed by atoms with E-state index in [0.717, 1.165) is 12.8 Å². The zero-order valence-electron chi connectivity index (χ0n) is 10.2. The first-order valence-electron chi connectivity index (χ1n) is 5.85. The van der Waals surface area contributed by atoms with E-state index in [1.165, 1.54) is 19.2 Å². The number of hydrogen-bond acceptors (Lipinski definition) is 4. The van der Waals surface area contributed by atoms with Gasteiger partial charge in [0.15, 0.2) is 0 Å². The molecule has 1 aromatic rings. The highest BCUT2D eigenvalue weighted by atomic mass is 19.1. The van der Waals surface area contributed by atoms with Crippen LogP contribution >= 0.6 is 0 Å². The summed E-state index contributed by atoms with van der Waals surface area (Å²) in [4.78, 5) is 11.5. The van der Waals surface area contributed by atoms with E-state index in [1.807, 2.05) is 0 Å². The Morgan fingerprint density at radius 2 is 2.44 bits per heavy atom. The third-order valence-electron chi connectivity index (χ3n) is 2.90. The van der Waals surface area contributed by atoms with Crippen molar-refractivity contribution in [1.29, 1.82) is 0 Å². The van der Waals surface area contributed by atoms with Crippen molar-refractivity contribution in [2.45, 2.75) is 18.9 Å². The van der Waals surface area contributed by atoms with E-state index in [1.54, 1.807) is 23.4 Å². The van der Waals surface area contributed by atoms with E-state index in [-0.39, 0.29) is 17.8 Å². The van der Waals surface area contributed by atoms with Crippen LogP contribution in [-0.4, -0.2) is 36.9 Å². The van der Waals surface area contributed by atoms with Crippen molar-refractivity contribution in [2.24, 2.45) is 5.10 Å². The van der Waals surface area contributed by atoms with Crippen LogP contribution in [0.4, 0.5) is 4.39 Å². The number of methoxy groups -OCH3 is 1. The van der Waals surface area contributed by atoms with Gasteiger partial charge in [-0.05, 0) is 30.5 Å². The number of benzene rings is 1. The highest BCUT2D eigenvalue weighted by Gasteiger charge is 2.30. The molecule has 0 N–H and O–H groups in total. The van der Waals surface area contributed by atoms with Crippen molar-refractivity contribution in [2.75, 3.05) is 13.7 Å². The Morgan fingerprint density at radius 3 is 3.17 bits per heavy atom. The van der Waals surface area contributed by atoms with Crippen molar-refractivity contribution in [3.05, 3.63) is 35.6 Å². The van der Waals surface area contributed by atoms with E-state index in [9.17, 15) is 9.18 Å². The smallest absolute Gasteiger partial charge is 0.330 e. The van der Waals surface area contributed by atoms with E-state index >= 15 is 0 Å². The summed E-state index contributed by atoms with van der Waals surface area (Å²) >= 11 is 0. The van der Waals surface area contributed by atoms with E-state index in [0.29, 0.717) is 12.1 Å². The van der Waals surface area contributed by atoms with Crippen LogP contribution in [0.15, 0.2) is 29.4 Å². The molecule has 1 aliphatic rings. The first-order valence-corrected chi connectivity index (χ1v) is 5.85. The third-order valence-corrected chi connectivity index (χ3v) is 2.90. The summed E-state index contributed by atoms with van der Waals surface area (Å²) in [5.74, 6) is -0.575. The number of ether oxygens (including phenoxy) is 1. The second kappa shape index (κ2) is 5.62. The fourth-order valence-corrected chi connectivity index (χ4v) is 1.99. The van der Waals surface area contributed by atoms with Gasteiger partial charge < -0.3 is 4.74 Å². The normalized spacial score (nSPS) is 19.4. The zero-order valence-corrected chi connectivity index (χ0v) is 10.2. The lowest BCUT2D eigenvalue weighted by Gasteiger charge is -2.18. The molecule has 0 saturated carbocycles. The quantitative estimate of drug-likeness (QED) is 0.606. The van der Waals surface area contributed by atoms with Gasteiger partial charge in [0, 0.05) is 6.54 Å². The molecule has 1 aliphatic heterocycles. The molecule has 0 aromatic heterocycles. The van der Waals surface area contributed by atoms with Crippen LogP contribution in [-0.2, 0) is 9.53 Å². The summed E-state index contributed by atoms with van der Waals surface area (Å²) < 4.78 is 17.7. The average molecular weight is 250 g/mol. The van der Waals surface area contributed by atoms with Gasteiger partial charge in [-0.2, -0.15) is 5.10 Å². The van der Waals surface area contributed by atoms with Gasteiger partial charge in [0.05, 0.1) is 13.3 Å². The summed E-state index contributed by atoms with van der Waals surface area (Å²) in [6, 6.07) is 5.84. The Bertz CT molecular complexity index is 462. The number of esters is 1. The van der Waals surface area contributed by atoms with Gasteiger partial charge in [0.25, 0.3) is 0 Å². The molecule has 5 heteroatoms.